The first-order valence-corrected chi connectivity index (χ1v) is 11.2. The zero-order valence-electron chi connectivity index (χ0n) is 20.4. The summed E-state index contributed by atoms with van der Waals surface area (Å²) in [6.45, 7) is 18.7. The minimum Gasteiger partial charge on any atom is -0.444 e. The number of carbonyl (C=O) groups excluding carboxylic acids is 2. The van der Waals surface area contributed by atoms with Gasteiger partial charge in [-0.2, -0.15) is 0 Å². The van der Waals surface area contributed by atoms with Crippen molar-refractivity contribution >= 4 is 12.2 Å². The molecule has 0 unspecified atom stereocenters. The molecule has 8 nitrogen and oxygen atoms in total. The second kappa shape index (κ2) is 14.5. The Labute approximate surface area is 183 Å². The van der Waals surface area contributed by atoms with Crippen LogP contribution < -0.4 is 21.3 Å². The van der Waals surface area contributed by atoms with E-state index in [-0.39, 0.29) is 24.3 Å². The number of unbranched alkanes of at least 4 members (excludes halogenated alkanes) is 1. The monoisotopic (exact) mass is 430 g/mol. The molecule has 0 fully saturated rings. The van der Waals surface area contributed by atoms with Crippen LogP contribution >= 0.6 is 0 Å². The second-order valence-electron chi connectivity index (χ2n) is 9.88. The molecule has 0 aromatic carbocycles. The molecule has 30 heavy (non-hydrogen) atoms. The molecule has 0 saturated heterocycles. The number of ether oxygens (including phenoxy) is 2. The van der Waals surface area contributed by atoms with Gasteiger partial charge in [0.1, 0.15) is 11.2 Å². The van der Waals surface area contributed by atoms with Crippen LogP contribution in [0.4, 0.5) is 9.59 Å². The topological polar surface area (TPSA) is 101 Å². The van der Waals surface area contributed by atoms with Gasteiger partial charge in [0.2, 0.25) is 0 Å². The molecule has 0 aromatic rings. The summed E-state index contributed by atoms with van der Waals surface area (Å²) in [5.41, 5.74) is -0.939. The van der Waals surface area contributed by atoms with Crippen LogP contribution in [-0.4, -0.2) is 61.7 Å². The number of amides is 2. The standard InChI is InChI=1S/C22H46N4O4/c1-17(25-19(27)29-21(3,4)5)11-15-23-13-9-10-14-24-16-12-18(2)26-20(28)30-22(6,7)8/h17-18,23-24H,9-16H2,1-8H3,(H,25,27)(H,26,28)/t17-,18-/m1/s1. The Hall–Kier alpha value is -1.54. The van der Waals surface area contributed by atoms with E-state index >= 15 is 0 Å². The fourth-order valence-corrected chi connectivity index (χ4v) is 2.55. The van der Waals surface area contributed by atoms with Crippen LogP contribution in [-0.2, 0) is 9.47 Å². The van der Waals surface area contributed by atoms with Gasteiger partial charge < -0.3 is 30.7 Å². The normalized spacial score (nSPS) is 14.0. The van der Waals surface area contributed by atoms with Gasteiger partial charge >= 0.3 is 12.2 Å². The Morgan fingerprint density at radius 2 is 1.00 bits per heavy atom. The van der Waals surface area contributed by atoms with Gasteiger partial charge in [-0.3, -0.25) is 0 Å². The maximum atomic E-state index is 11.7. The van der Waals surface area contributed by atoms with Gasteiger partial charge in [-0.05, 0) is 107 Å². The third-order valence-corrected chi connectivity index (χ3v) is 3.99. The Balaban J connectivity index is 3.54. The lowest BCUT2D eigenvalue weighted by Crippen LogP contribution is -2.39. The highest BCUT2D eigenvalue weighted by Crippen LogP contribution is 2.07. The van der Waals surface area contributed by atoms with Crippen LogP contribution in [0.5, 0.6) is 0 Å². The van der Waals surface area contributed by atoms with Crippen molar-refractivity contribution in [3.05, 3.63) is 0 Å². The average molecular weight is 431 g/mol. The molecule has 0 aliphatic heterocycles. The zero-order chi connectivity index (χ0) is 23.2. The Morgan fingerprint density at radius 3 is 1.30 bits per heavy atom. The van der Waals surface area contributed by atoms with E-state index in [4.69, 9.17) is 9.47 Å². The molecule has 0 aliphatic rings. The maximum Gasteiger partial charge on any atom is 0.407 e. The van der Waals surface area contributed by atoms with Crippen molar-refractivity contribution < 1.29 is 19.1 Å². The lowest BCUT2D eigenvalue weighted by molar-refractivity contribution is 0.0494. The zero-order valence-corrected chi connectivity index (χ0v) is 20.4. The van der Waals surface area contributed by atoms with E-state index in [2.05, 4.69) is 21.3 Å². The van der Waals surface area contributed by atoms with E-state index in [1.807, 2.05) is 55.4 Å². The van der Waals surface area contributed by atoms with Gasteiger partial charge in [0, 0.05) is 12.1 Å². The summed E-state index contributed by atoms with van der Waals surface area (Å²) in [7, 11) is 0. The van der Waals surface area contributed by atoms with Crippen molar-refractivity contribution in [2.24, 2.45) is 0 Å². The molecule has 0 bridgehead atoms. The van der Waals surface area contributed by atoms with Gasteiger partial charge in [-0.25, -0.2) is 9.59 Å². The molecule has 0 aliphatic carbocycles. The summed E-state index contributed by atoms with van der Waals surface area (Å²) in [6.07, 6.45) is 3.17. The quantitative estimate of drug-likeness (QED) is 0.333. The first kappa shape index (κ1) is 28.5. The lowest BCUT2D eigenvalue weighted by Gasteiger charge is -2.22. The minimum absolute atomic E-state index is 0.0743. The van der Waals surface area contributed by atoms with E-state index in [1.165, 1.54) is 0 Å². The van der Waals surface area contributed by atoms with Crippen molar-refractivity contribution in [1.29, 1.82) is 0 Å². The molecule has 0 rings (SSSR count). The molecule has 0 radical (unpaired) electrons. The molecule has 0 spiro atoms. The summed E-state index contributed by atoms with van der Waals surface area (Å²) in [4.78, 5) is 23.4. The van der Waals surface area contributed by atoms with Crippen molar-refractivity contribution in [2.45, 2.75) is 104 Å². The molecule has 178 valence electrons. The van der Waals surface area contributed by atoms with Crippen LogP contribution in [0, 0.1) is 0 Å². The number of hydrogen-bond donors (Lipinski definition) is 4. The number of carbonyl (C=O) groups is 2. The predicted molar refractivity (Wildman–Crippen MR) is 122 cm³/mol. The van der Waals surface area contributed by atoms with Crippen LogP contribution in [0.15, 0.2) is 0 Å². The second-order valence-corrected chi connectivity index (χ2v) is 9.88. The van der Waals surface area contributed by atoms with Gasteiger partial charge in [0.15, 0.2) is 0 Å². The first-order valence-electron chi connectivity index (χ1n) is 11.2. The van der Waals surface area contributed by atoms with Crippen LogP contribution in [0.3, 0.4) is 0 Å². The molecule has 0 aromatic heterocycles. The number of rotatable bonds is 13. The van der Waals surface area contributed by atoms with E-state index in [9.17, 15) is 9.59 Å². The van der Waals surface area contributed by atoms with Crippen LogP contribution in [0.1, 0.15) is 81.1 Å². The summed E-state index contributed by atoms with van der Waals surface area (Å²) in [5, 5.41) is 12.5. The van der Waals surface area contributed by atoms with Crippen LogP contribution in [0.2, 0.25) is 0 Å². The number of alkyl carbamates (subject to hydrolysis) is 2. The van der Waals surface area contributed by atoms with Gasteiger partial charge in [-0.1, -0.05) is 0 Å². The van der Waals surface area contributed by atoms with Crippen molar-refractivity contribution in [3.8, 4) is 0 Å². The third kappa shape index (κ3) is 19.8. The first-order chi connectivity index (χ1) is 13.8. The molecular formula is C22H46N4O4. The molecular weight excluding hydrogens is 384 g/mol. The van der Waals surface area contributed by atoms with E-state index in [0.29, 0.717) is 0 Å². The van der Waals surface area contributed by atoms with Crippen molar-refractivity contribution in [3.63, 3.8) is 0 Å². The minimum atomic E-state index is -0.470. The Kier molecular flexibility index (Phi) is 13.7. The molecule has 0 heterocycles. The number of hydrogen-bond acceptors (Lipinski definition) is 6. The molecule has 2 amide bonds. The van der Waals surface area contributed by atoms with Gasteiger partial charge in [0.25, 0.3) is 0 Å². The number of nitrogens with one attached hydrogen (secondary N) is 4. The highest BCUT2D eigenvalue weighted by atomic mass is 16.6. The van der Waals surface area contributed by atoms with Gasteiger partial charge in [0.05, 0.1) is 0 Å². The summed E-state index contributed by atoms with van der Waals surface area (Å²) < 4.78 is 10.5. The predicted octanol–water partition coefficient (Wildman–Crippen LogP) is 3.55. The third-order valence-electron chi connectivity index (χ3n) is 3.99. The highest BCUT2D eigenvalue weighted by molar-refractivity contribution is 5.68. The molecule has 0 saturated carbocycles. The molecule has 2 atom stereocenters. The largest absolute Gasteiger partial charge is 0.444 e. The van der Waals surface area contributed by atoms with Crippen molar-refractivity contribution in [1.82, 2.24) is 21.3 Å². The van der Waals surface area contributed by atoms with Crippen LogP contribution in [0.25, 0.3) is 0 Å². The fraction of sp³-hybridized carbons (Fsp3) is 0.909. The lowest BCUT2D eigenvalue weighted by atomic mass is 10.2. The molecule has 8 heteroatoms. The average Bonchev–Trinajstić information content (AvgIpc) is 2.52. The Bertz CT molecular complexity index is 443. The van der Waals surface area contributed by atoms with Gasteiger partial charge in [-0.15, -0.1) is 0 Å². The van der Waals surface area contributed by atoms with E-state index in [1.54, 1.807) is 0 Å². The van der Waals surface area contributed by atoms with E-state index in [0.717, 1.165) is 51.9 Å². The fourth-order valence-electron chi connectivity index (χ4n) is 2.55. The highest BCUT2D eigenvalue weighted by Gasteiger charge is 2.18. The summed E-state index contributed by atoms with van der Waals surface area (Å²) >= 11 is 0. The van der Waals surface area contributed by atoms with E-state index < -0.39 is 11.2 Å². The summed E-state index contributed by atoms with van der Waals surface area (Å²) in [6, 6.07) is 0.149. The molecule has 4 N–H and O–H groups in total. The smallest absolute Gasteiger partial charge is 0.407 e. The van der Waals surface area contributed by atoms with Crippen molar-refractivity contribution in [2.75, 3.05) is 26.2 Å². The Morgan fingerprint density at radius 1 is 0.667 bits per heavy atom. The summed E-state index contributed by atoms with van der Waals surface area (Å²) in [5.74, 6) is 0. The maximum absolute atomic E-state index is 11.7. The SMILES string of the molecule is C[C@H](CCNCCCCNCC[C@@H](C)NC(=O)OC(C)(C)C)NC(=O)OC(C)(C)C.